The maximum absolute atomic E-state index is 4.48. The van der Waals surface area contributed by atoms with Crippen molar-refractivity contribution >= 4 is 21.7 Å². The van der Waals surface area contributed by atoms with Crippen molar-refractivity contribution in [1.29, 1.82) is 0 Å². The van der Waals surface area contributed by atoms with E-state index in [4.69, 9.17) is 0 Å². The molecule has 0 saturated carbocycles. The molecule has 1 heterocycles. The molecule has 0 atom stereocenters. The molecule has 0 aliphatic carbocycles. The highest BCUT2D eigenvalue weighted by molar-refractivity contribution is 6.07. The normalized spacial score (nSPS) is 11.1. The van der Waals surface area contributed by atoms with Gasteiger partial charge >= 0.3 is 0 Å². The van der Waals surface area contributed by atoms with Crippen molar-refractivity contribution in [2.45, 2.75) is 13.8 Å². The monoisotopic (exact) mass is 208 g/mol. The average molecular weight is 208 g/mol. The quantitative estimate of drug-likeness (QED) is 0.529. The summed E-state index contributed by atoms with van der Waals surface area (Å²) in [5.41, 5.74) is 2.09. The molecule has 0 saturated heterocycles. The third-order valence-electron chi connectivity index (χ3n) is 2.88. The minimum Gasteiger partial charge on any atom is -0.238 e. The van der Waals surface area contributed by atoms with Crippen LogP contribution in [0.3, 0.4) is 0 Å². The minimum atomic E-state index is 0.834. The molecule has 0 aliphatic rings. The van der Waals surface area contributed by atoms with Crippen LogP contribution in [0, 0.1) is 13.8 Å². The standard InChI is InChI=1S/C14H12N2/c1-9-14-12-6-4-3-5-11(12)7-8-13(14)16-10(2)15-9/h3-8H,1-2H3. The van der Waals surface area contributed by atoms with Crippen molar-refractivity contribution in [3.63, 3.8) is 0 Å². The highest BCUT2D eigenvalue weighted by Crippen LogP contribution is 2.25. The summed E-state index contributed by atoms with van der Waals surface area (Å²) in [7, 11) is 0. The van der Waals surface area contributed by atoms with Crippen LogP contribution in [0.25, 0.3) is 21.7 Å². The van der Waals surface area contributed by atoms with Gasteiger partial charge in [0.2, 0.25) is 0 Å². The molecule has 0 amide bonds. The van der Waals surface area contributed by atoms with Crippen LogP contribution in [-0.4, -0.2) is 9.97 Å². The lowest BCUT2D eigenvalue weighted by atomic mass is 10.0. The van der Waals surface area contributed by atoms with Crippen molar-refractivity contribution in [3.05, 3.63) is 47.9 Å². The van der Waals surface area contributed by atoms with Crippen LogP contribution >= 0.6 is 0 Å². The number of fused-ring (bicyclic) bond motifs is 3. The first-order chi connectivity index (χ1) is 7.75. The number of nitrogens with zero attached hydrogens (tertiary/aromatic N) is 2. The maximum atomic E-state index is 4.48. The van der Waals surface area contributed by atoms with Gasteiger partial charge in [-0.05, 0) is 30.7 Å². The SMILES string of the molecule is Cc1nc(C)c2c(ccc3ccccc32)n1. The Hall–Kier alpha value is -1.96. The van der Waals surface area contributed by atoms with Gasteiger partial charge in [0.25, 0.3) is 0 Å². The lowest BCUT2D eigenvalue weighted by Gasteiger charge is -2.06. The molecule has 0 aliphatic heterocycles. The first-order valence-electron chi connectivity index (χ1n) is 5.38. The topological polar surface area (TPSA) is 25.8 Å². The Morgan fingerprint density at radius 1 is 0.875 bits per heavy atom. The molecule has 2 nitrogen and oxygen atoms in total. The molecule has 0 radical (unpaired) electrons. The zero-order valence-electron chi connectivity index (χ0n) is 9.36. The fraction of sp³-hybridized carbons (Fsp3) is 0.143. The van der Waals surface area contributed by atoms with Crippen molar-refractivity contribution in [3.8, 4) is 0 Å². The van der Waals surface area contributed by atoms with Crippen LogP contribution in [0.5, 0.6) is 0 Å². The molecule has 0 unspecified atom stereocenters. The third-order valence-corrected chi connectivity index (χ3v) is 2.88. The first-order valence-corrected chi connectivity index (χ1v) is 5.38. The number of hydrogen-bond donors (Lipinski definition) is 0. The average Bonchev–Trinajstić information content (AvgIpc) is 2.28. The number of rotatable bonds is 0. The Bertz CT molecular complexity index is 687. The summed E-state index contributed by atoms with van der Waals surface area (Å²) in [6, 6.07) is 12.5. The predicted octanol–water partition coefficient (Wildman–Crippen LogP) is 3.40. The van der Waals surface area contributed by atoms with Crippen LogP contribution < -0.4 is 0 Å². The minimum absolute atomic E-state index is 0.834. The summed E-state index contributed by atoms with van der Waals surface area (Å²) >= 11 is 0. The summed E-state index contributed by atoms with van der Waals surface area (Å²) < 4.78 is 0. The summed E-state index contributed by atoms with van der Waals surface area (Å²) in [5, 5.41) is 3.65. The molecule has 0 fully saturated rings. The van der Waals surface area contributed by atoms with Gasteiger partial charge in [-0.3, -0.25) is 0 Å². The fourth-order valence-electron chi connectivity index (χ4n) is 2.23. The first kappa shape index (κ1) is 9.28. The van der Waals surface area contributed by atoms with Gasteiger partial charge in [-0.25, -0.2) is 9.97 Å². The van der Waals surface area contributed by atoms with E-state index >= 15 is 0 Å². The van der Waals surface area contributed by atoms with Crippen LogP contribution in [0.4, 0.5) is 0 Å². The maximum Gasteiger partial charge on any atom is 0.126 e. The van der Waals surface area contributed by atoms with E-state index in [1.807, 2.05) is 13.8 Å². The number of hydrogen-bond acceptors (Lipinski definition) is 2. The molecule has 16 heavy (non-hydrogen) atoms. The van der Waals surface area contributed by atoms with E-state index in [0.29, 0.717) is 0 Å². The zero-order valence-corrected chi connectivity index (χ0v) is 9.36. The Labute approximate surface area is 94.0 Å². The van der Waals surface area contributed by atoms with Gasteiger partial charge in [0.1, 0.15) is 5.82 Å². The largest absolute Gasteiger partial charge is 0.238 e. The Kier molecular flexibility index (Phi) is 1.90. The molecular formula is C14H12N2. The molecule has 3 aromatic rings. The van der Waals surface area contributed by atoms with Gasteiger partial charge in [0.05, 0.1) is 5.52 Å². The van der Waals surface area contributed by atoms with Crippen molar-refractivity contribution in [2.24, 2.45) is 0 Å². The lowest BCUT2D eigenvalue weighted by Crippen LogP contribution is -1.93. The zero-order chi connectivity index (χ0) is 11.1. The number of aromatic nitrogens is 2. The second-order valence-corrected chi connectivity index (χ2v) is 4.04. The van der Waals surface area contributed by atoms with Crippen LogP contribution in [0.15, 0.2) is 36.4 Å². The van der Waals surface area contributed by atoms with Crippen LogP contribution in [0.1, 0.15) is 11.5 Å². The number of aryl methyl sites for hydroxylation is 2. The van der Waals surface area contributed by atoms with E-state index in [2.05, 4.69) is 46.4 Å². The van der Waals surface area contributed by atoms with E-state index in [1.54, 1.807) is 0 Å². The van der Waals surface area contributed by atoms with Gasteiger partial charge in [0.15, 0.2) is 0 Å². The Balaban J connectivity index is 2.60. The summed E-state index contributed by atoms with van der Waals surface area (Å²) in [6.45, 7) is 3.98. The molecule has 3 rings (SSSR count). The smallest absolute Gasteiger partial charge is 0.126 e. The van der Waals surface area contributed by atoms with Crippen LogP contribution in [-0.2, 0) is 0 Å². The number of benzene rings is 2. The highest BCUT2D eigenvalue weighted by atomic mass is 14.9. The second kappa shape index (κ2) is 3.27. The van der Waals surface area contributed by atoms with Gasteiger partial charge in [0, 0.05) is 11.1 Å². The van der Waals surface area contributed by atoms with Gasteiger partial charge in [-0.15, -0.1) is 0 Å². The third kappa shape index (κ3) is 1.27. The van der Waals surface area contributed by atoms with E-state index in [0.717, 1.165) is 17.0 Å². The highest BCUT2D eigenvalue weighted by Gasteiger charge is 2.05. The van der Waals surface area contributed by atoms with E-state index in [9.17, 15) is 0 Å². The predicted molar refractivity (Wildman–Crippen MR) is 66.5 cm³/mol. The molecule has 0 spiro atoms. The Morgan fingerprint density at radius 2 is 1.69 bits per heavy atom. The summed E-state index contributed by atoms with van der Waals surface area (Å²) in [6.07, 6.45) is 0. The molecule has 2 aromatic carbocycles. The van der Waals surface area contributed by atoms with Crippen molar-refractivity contribution in [1.82, 2.24) is 9.97 Å². The molecule has 78 valence electrons. The van der Waals surface area contributed by atoms with Gasteiger partial charge in [-0.2, -0.15) is 0 Å². The van der Waals surface area contributed by atoms with E-state index in [-0.39, 0.29) is 0 Å². The van der Waals surface area contributed by atoms with Gasteiger partial charge < -0.3 is 0 Å². The molecule has 2 heteroatoms. The van der Waals surface area contributed by atoms with E-state index in [1.165, 1.54) is 16.2 Å². The molecule has 1 aromatic heterocycles. The Morgan fingerprint density at radius 3 is 2.56 bits per heavy atom. The lowest BCUT2D eigenvalue weighted by molar-refractivity contribution is 1.05. The molecule has 0 bridgehead atoms. The van der Waals surface area contributed by atoms with E-state index < -0.39 is 0 Å². The van der Waals surface area contributed by atoms with Crippen molar-refractivity contribution in [2.75, 3.05) is 0 Å². The molecular weight excluding hydrogens is 196 g/mol. The summed E-state index contributed by atoms with van der Waals surface area (Å²) in [5.74, 6) is 0.834. The van der Waals surface area contributed by atoms with Crippen LogP contribution in [0.2, 0.25) is 0 Å². The summed E-state index contributed by atoms with van der Waals surface area (Å²) in [4.78, 5) is 8.92. The second-order valence-electron chi connectivity index (χ2n) is 4.04. The fourth-order valence-corrected chi connectivity index (χ4v) is 2.23. The molecule has 0 N–H and O–H groups in total. The van der Waals surface area contributed by atoms with Crippen molar-refractivity contribution < 1.29 is 0 Å². The van der Waals surface area contributed by atoms with Gasteiger partial charge in [-0.1, -0.05) is 30.3 Å².